The summed E-state index contributed by atoms with van der Waals surface area (Å²) in [5.74, 6) is 7.18. The van der Waals surface area contributed by atoms with Crippen LogP contribution >= 0.6 is 34.4 Å². The molecule has 0 aliphatic carbocycles. The lowest BCUT2D eigenvalue weighted by atomic mass is 10.0. The van der Waals surface area contributed by atoms with Crippen molar-refractivity contribution in [3.8, 4) is 11.8 Å². The molecular weight excluding hydrogens is 513 g/mol. The van der Waals surface area contributed by atoms with Crippen molar-refractivity contribution in [3.05, 3.63) is 79.2 Å². The molecule has 1 fully saturated rings. The summed E-state index contributed by atoms with van der Waals surface area (Å²) >= 11 is 4.31. The lowest BCUT2D eigenvalue weighted by molar-refractivity contribution is -0.0395. The molecular formula is C27H30N2O4S3. The van der Waals surface area contributed by atoms with Crippen LogP contribution in [0.1, 0.15) is 44.7 Å². The molecule has 0 bridgehead atoms. The molecule has 9 heteroatoms. The third-order valence-electron chi connectivity index (χ3n) is 5.95. The normalized spacial score (nSPS) is 15.2. The van der Waals surface area contributed by atoms with Crippen LogP contribution in [-0.4, -0.2) is 62.1 Å². The summed E-state index contributed by atoms with van der Waals surface area (Å²) in [5.41, 5.74) is 4.21. The second-order valence-corrected chi connectivity index (χ2v) is 11.7. The van der Waals surface area contributed by atoms with Crippen molar-refractivity contribution in [2.24, 2.45) is 0 Å². The van der Waals surface area contributed by atoms with Gasteiger partial charge in [0, 0.05) is 53.2 Å². The summed E-state index contributed by atoms with van der Waals surface area (Å²) in [4.78, 5) is 14.1. The molecule has 3 heterocycles. The maximum Gasteiger partial charge on any atom is 0.296 e. The predicted octanol–water partition coefficient (Wildman–Crippen LogP) is 4.42. The number of hydrazine groups is 1. The van der Waals surface area contributed by atoms with E-state index in [1.165, 1.54) is 28.7 Å². The predicted molar refractivity (Wildman–Crippen MR) is 147 cm³/mol. The Morgan fingerprint density at radius 3 is 2.69 bits per heavy atom. The van der Waals surface area contributed by atoms with Crippen LogP contribution in [0.5, 0.6) is 0 Å². The molecule has 36 heavy (non-hydrogen) atoms. The maximum absolute atomic E-state index is 12.6. The minimum Gasteiger partial charge on any atom is -0.393 e. The van der Waals surface area contributed by atoms with Crippen LogP contribution in [0.3, 0.4) is 0 Å². The third-order valence-corrected chi connectivity index (χ3v) is 8.84. The van der Waals surface area contributed by atoms with Gasteiger partial charge in [0.15, 0.2) is 6.29 Å². The van der Waals surface area contributed by atoms with Crippen LogP contribution in [0.4, 0.5) is 4.79 Å². The largest absolute Gasteiger partial charge is 0.393 e. The minimum absolute atomic E-state index is 0.0156. The van der Waals surface area contributed by atoms with Gasteiger partial charge in [-0.2, -0.15) is 11.3 Å². The number of hydrogen-bond donors (Lipinski definition) is 3. The van der Waals surface area contributed by atoms with Gasteiger partial charge in [-0.05, 0) is 60.5 Å². The van der Waals surface area contributed by atoms with Crippen molar-refractivity contribution in [2.45, 2.75) is 38.6 Å². The number of hydrogen-bond acceptors (Lipinski definition) is 8. The molecule has 4 rings (SSSR count). The SMILES string of the molecule is Cc1cscc1C#Cc1cccc(CC(O)CCN2CCSC(=O)N2CCc2ccc(C(O)O)s2)c1. The molecule has 0 saturated carbocycles. The molecule has 1 atom stereocenters. The Morgan fingerprint density at radius 2 is 1.94 bits per heavy atom. The molecule has 1 saturated heterocycles. The van der Waals surface area contributed by atoms with Gasteiger partial charge >= 0.3 is 0 Å². The molecule has 1 aliphatic heterocycles. The number of carbonyl (C=O) groups is 1. The van der Waals surface area contributed by atoms with E-state index in [9.17, 15) is 20.1 Å². The van der Waals surface area contributed by atoms with Crippen LogP contribution in [0.25, 0.3) is 0 Å². The van der Waals surface area contributed by atoms with Crippen LogP contribution in [0, 0.1) is 18.8 Å². The van der Waals surface area contributed by atoms with E-state index in [1.807, 2.05) is 35.3 Å². The molecule has 1 unspecified atom stereocenters. The Balaban J connectivity index is 1.30. The number of aliphatic hydroxyl groups is 3. The Hall–Kier alpha value is -2.16. The number of benzene rings is 1. The zero-order valence-corrected chi connectivity index (χ0v) is 22.5. The summed E-state index contributed by atoms with van der Waals surface area (Å²) in [6.07, 6.45) is -0.262. The number of thioether (sulfide) groups is 1. The van der Waals surface area contributed by atoms with Crippen molar-refractivity contribution in [3.63, 3.8) is 0 Å². The highest BCUT2D eigenvalue weighted by Gasteiger charge is 2.27. The number of carbonyl (C=O) groups excluding carboxylic acids is 1. The molecule has 0 radical (unpaired) electrons. The molecule has 6 nitrogen and oxygen atoms in total. The summed E-state index contributed by atoms with van der Waals surface area (Å²) in [5, 5.41) is 37.3. The number of amides is 1. The monoisotopic (exact) mass is 542 g/mol. The van der Waals surface area contributed by atoms with Crippen molar-refractivity contribution in [1.29, 1.82) is 0 Å². The highest BCUT2D eigenvalue weighted by molar-refractivity contribution is 8.13. The summed E-state index contributed by atoms with van der Waals surface area (Å²) in [6.45, 7) is 3.92. The van der Waals surface area contributed by atoms with Gasteiger partial charge in [-0.3, -0.25) is 9.80 Å². The second kappa shape index (κ2) is 12.9. The second-order valence-electron chi connectivity index (χ2n) is 8.68. The zero-order valence-electron chi connectivity index (χ0n) is 20.1. The highest BCUT2D eigenvalue weighted by atomic mass is 32.2. The minimum atomic E-state index is -1.47. The first kappa shape index (κ1) is 26.9. The van der Waals surface area contributed by atoms with Crippen molar-refractivity contribution in [1.82, 2.24) is 10.0 Å². The fourth-order valence-electron chi connectivity index (χ4n) is 3.97. The van der Waals surface area contributed by atoms with Crippen LogP contribution in [-0.2, 0) is 12.8 Å². The lowest BCUT2D eigenvalue weighted by Gasteiger charge is -2.38. The number of thiophene rings is 2. The molecule has 1 aliphatic rings. The molecule has 3 N–H and O–H groups in total. The standard InChI is InChI=1S/C27H30N2O4S3/c1-19-17-34-18-22(19)6-5-20-3-2-4-21(15-20)16-23(30)9-11-28-13-14-35-27(33)29(28)12-10-24-7-8-25(36-24)26(31)32/h2-4,7-8,15,17-18,23,26,30-32H,9-14,16H2,1H3. The summed E-state index contributed by atoms with van der Waals surface area (Å²) in [6, 6.07) is 11.6. The van der Waals surface area contributed by atoms with Gasteiger partial charge in [-0.1, -0.05) is 35.7 Å². The van der Waals surface area contributed by atoms with E-state index in [0.29, 0.717) is 37.2 Å². The Labute approximate surface area is 224 Å². The van der Waals surface area contributed by atoms with Gasteiger partial charge in [0.1, 0.15) is 0 Å². The van der Waals surface area contributed by atoms with Gasteiger partial charge in [-0.25, -0.2) is 5.01 Å². The van der Waals surface area contributed by atoms with Crippen LogP contribution in [0.2, 0.25) is 0 Å². The van der Waals surface area contributed by atoms with E-state index in [2.05, 4.69) is 29.5 Å². The zero-order chi connectivity index (χ0) is 25.5. The van der Waals surface area contributed by atoms with Gasteiger partial charge in [0.05, 0.1) is 11.0 Å². The van der Waals surface area contributed by atoms with E-state index in [0.717, 1.165) is 33.9 Å². The van der Waals surface area contributed by atoms with E-state index in [4.69, 9.17) is 0 Å². The Kier molecular flexibility index (Phi) is 9.62. The average Bonchev–Trinajstić information content (AvgIpc) is 3.50. The van der Waals surface area contributed by atoms with Crippen LogP contribution in [0.15, 0.2) is 47.2 Å². The first-order chi connectivity index (χ1) is 17.4. The smallest absolute Gasteiger partial charge is 0.296 e. The Morgan fingerprint density at radius 1 is 1.08 bits per heavy atom. The van der Waals surface area contributed by atoms with E-state index >= 15 is 0 Å². The molecule has 1 amide bonds. The molecule has 190 valence electrons. The molecule has 2 aromatic heterocycles. The first-order valence-corrected chi connectivity index (χ1v) is 14.6. The number of aliphatic hydroxyl groups excluding tert-OH is 2. The fourth-order valence-corrected chi connectivity index (χ4v) is 6.46. The van der Waals surface area contributed by atoms with Crippen molar-refractivity contribution >= 4 is 39.7 Å². The summed E-state index contributed by atoms with van der Waals surface area (Å²) in [7, 11) is 0. The lowest BCUT2D eigenvalue weighted by Crippen LogP contribution is -2.51. The van der Waals surface area contributed by atoms with Crippen LogP contribution < -0.4 is 0 Å². The van der Waals surface area contributed by atoms with Gasteiger partial charge in [0.2, 0.25) is 0 Å². The van der Waals surface area contributed by atoms with Gasteiger partial charge < -0.3 is 15.3 Å². The molecule has 1 aromatic carbocycles. The van der Waals surface area contributed by atoms with Gasteiger partial charge in [0.25, 0.3) is 5.24 Å². The van der Waals surface area contributed by atoms with Crippen molar-refractivity contribution < 1.29 is 20.1 Å². The topological polar surface area (TPSA) is 84.2 Å². The number of rotatable bonds is 9. The quantitative estimate of drug-likeness (QED) is 0.274. The highest BCUT2D eigenvalue weighted by Crippen LogP contribution is 2.24. The van der Waals surface area contributed by atoms with E-state index in [-0.39, 0.29) is 5.24 Å². The van der Waals surface area contributed by atoms with Crippen molar-refractivity contribution in [2.75, 3.05) is 25.4 Å². The number of aryl methyl sites for hydroxylation is 1. The summed E-state index contributed by atoms with van der Waals surface area (Å²) < 4.78 is 0. The third kappa shape index (κ3) is 7.43. The maximum atomic E-state index is 12.6. The Bertz CT molecular complexity index is 1230. The average molecular weight is 543 g/mol. The van der Waals surface area contributed by atoms with E-state index < -0.39 is 12.4 Å². The number of nitrogens with zero attached hydrogens (tertiary/aromatic N) is 2. The molecule has 3 aromatic rings. The van der Waals surface area contributed by atoms with Gasteiger partial charge in [-0.15, -0.1) is 11.3 Å². The van der Waals surface area contributed by atoms with E-state index in [1.54, 1.807) is 22.4 Å². The first-order valence-electron chi connectivity index (χ1n) is 11.8. The fraction of sp³-hybridized carbons (Fsp3) is 0.370. The molecule has 0 spiro atoms.